The minimum Gasteiger partial charge on any atom is -0.394 e. The van der Waals surface area contributed by atoms with Gasteiger partial charge >= 0.3 is 6.03 Å². The third-order valence-corrected chi connectivity index (χ3v) is 1.92. The summed E-state index contributed by atoms with van der Waals surface area (Å²) in [6.45, 7) is -0.310. The number of carbonyl (C=O) groups is 1. The minimum absolute atomic E-state index is 0.191. The van der Waals surface area contributed by atoms with Crippen LogP contribution in [0.1, 0.15) is 6.42 Å². The lowest BCUT2D eigenvalue weighted by molar-refractivity contribution is -0.0270. The number of guanidine groups is 1. The molecule has 0 aromatic heterocycles. The lowest BCUT2D eigenvalue weighted by Gasteiger charge is -2.11. The van der Waals surface area contributed by atoms with E-state index in [1.54, 1.807) is 0 Å². The van der Waals surface area contributed by atoms with Crippen molar-refractivity contribution in [1.29, 1.82) is 0 Å². The molecule has 15 heavy (non-hydrogen) atoms. The van der Waals surface area contributed by atoms with Gasteiger partial charge < -0.3 is 31.7 Å². The number of carbonyl (C=O) groups excluding carboxylic acids is 1. The Labute approximate surface area is 85.9 Å². The molecule has 7 N–H and O–H groups in total. The first-order valence-electron chi connectivity index (χ1n) is 4.37. The average molecular weight is 218 g/mol. The van der Waals surface area contributed by atoms with Gasteiger partial charge in [-0.1, -0.05) is 0 Å². The van der Waals surface area contributed by atoms with Crippen LogP contribution in [-0.2, 0) is 4.74 Å². The fourth-order valence-corrected chi connectivity index (χ4v) is 1.27. The second-order valence-corrected chi connectivity index (χ2v) is 3.13. The fraction of sp³-hybridized carbons (Fsp3) is 0.714. The van der Waals surface area contributed by atoms with Gasteiger partial charge in [0.15, 0.2) is 5.96 Å². The van der Waals surface area contributed by atoms with Crippen LogP contribution in [0.25, 0.3) is 0 Å². The largest absolute Gasteiger partial charge is 0.394 e. The van der Waals surface area contributed by atoms with Crippen molar-refractivity contribution >= 4 is 12.0 Å². The molecule has 0 aromatic carbocycles. The van der Waals surface area contributed by atoms with Crippen molar-refractivity contribution in [2.24, 2.45) is 16.5 Å². The van der Waals surface area contributed by atoms with Gasteiger partial charge in [0.25, 0.3) is 0 Å². The standard InChI is InChI=1S/C7H14N4O4/c8-6(9)11-7(14)10-5-1-3(13)4(2-12)15-5/h3-5,12-13H,1-2H2,(H5,8,9,10,11,14)/t3?,4-,5-/m1/s1. The maximum atomic E-state index is 11.0. The molecule has 1 rings (SSSR count). The van der Waals surface area contributed by atoms with Gasteiger partial charge in [-0.3, -0.25) is 0 Å². The van der Waals surface area contributed by atoms with Crippen LogP contribution in [0, 0.1) is 0 Å². The Bertz CT molecular complexity index is 266. The van der Waals surface area contributed by atoms with Crippen LogP contribution >= 0.6 is 0 Å². The quantitative estimate of drug-likeness (QED) is 0.255. The molecule has 86 valence electrons. The van der Waals surface area contributed by atoms with E-state index in [2.05, 4.69) is 10.3 Å². The molecule has 8 heteroatoms. The van der Waals surface area contributed by atoms with Gasteiger partial charge in [0.2, 0.25) is 0 Å². The van der Waals surface area contributed by atoms with Gasteiger partial charge in [-0.15, -0.1) is 0 Å². The van der Waals surface area contributed by atoms with E-state index < -0.39 is 24.5 Å². The number of aliphatic hydroxyl groups excluding tert-OH is 2. The summed E-state index contributed by atoms with van der Waals surface area (Å²) in [5.74, 6) is -0.357. The number of urea groups is 1. The van der Waals surface area contributed by atoms with Crippen LogP contribution in [0.3, 0.4) is 0 Å². The van der Waals surface area contributed by atoms with E-state index in [9.17, 15) is 9.90 Å². The summed E-state index contributed by atoms with van der Waals surface area (Å²) in [6, 6.07) is -0.745. The van der Waals surface area contributed by atoms with E-state index >= 15 is 0 Å². The van der Waals surface area contributed by atoms with Crippen molar-refractivity contribution in [2.75, 3.05) is 6.61 Å². The van der Waals surface area contributed by atoms with Gasteiger partial charge in [0, 0.05) is 6.42 Å². The first-order chi connectivity index (χ1) is 7.02. The predicted molar refractivity (Wildman–Crippen MR) is 50.7 cm³/mol. The van der Waals surface area contributed by atoms with E-state index in [-0.39, 0.29) is 19.0 Å². The zero-order valence-corrected chi connectivity index (χ0v) is 7.96. The van der Waals surface area contributed by atoms with Crippen molar-refractivity contribution in [2.45, 2.75) is 24.9 Å². The van der Waals surface area contributed by atoms with Gasteiger partial charge in [0.05, 0.1) is 12.7 Å². The highest BCUT2D eigenvalue weighted by molar-refractivity contribution is 5.90. The van der Waals surface area contributed by atoms with Crippen molar-refractivity contribution < 1.29 is 19.7 Å². The highest BCUT2D eigenvalue weighted by Crippen LogP contribution is 2.18. The molecule has 1 unspecified atom stereocenters. The van der Waals surface area contributed by atoms with E-state index in [4.69, 9.17) is 21.3 Å². The highest BCUT2D eigenvalue weighted by atomic mass is 16.5. The molecule has 1 aliphatic rings. The van der Waals surface area contributed by atoms with Gasteiger partial charge in [-0.05, 0) is 0 Å². The van der Waals surface area contributed by atoms with Crippen LogP contribution < -0.4 is 16.8 Å². The smallest absolute Gasteiger partial charge is 0.346 e. The number of amides is 2. The van der Waals surface area contributed by atoms with Gasteiger partial charge in [-0.25, -0.2) is 4.79 Å². The van der Waals surface area contributed by atoms with Crippen LogP contribution in [0.5, 0.6) is 0 Å². The molecule has 8 nitrogen and oxygen atoms in total. The molecule has 0 spiro atoms. The number of hydrogen-bond acceptors (Lipinski definition) is 4. The predicted octanol–water partition coefficient (Wildman–Crippen LogP) is -2.56. The maximum Gasteiger partial charge on any atom is 0.346 e. The normalized spacial score (nSPS) is 29.9. The first-order valence-corrected chi connectivity index (χ1v) is 4.37. The summed E-state index contributed by atoms with van der Waals surface area (Å²) in [6.07, 6.45) is -1.99. The van der Waals surface area contributed by atoms with Crippen LogP contribution in [0.2, 0.25) is 0 Å². The van der Waals surface area contributed by atoms with Crippen LogP contribution in [0.4, 0.5) is 4.79 Å². The van der Waals surface area contributed by atoms with Crippen molar-refractivity contribution in [3.8, 4) is 0 Å². The molecule has 0 bridgehead atoms. The molecule has 2 amide bonds. The van der Waals surface area contributed by atoms with E-state index in [1.807, 2.05) is 0 Å². The Morgan fingerprint density at radius 1 is 1.60 bits per heavy atom. The fourth-order valence-electron chi connectivity index (χ4n) is 1.27. The zero-order valence-electron chi connectivity index (χ0n) is 7.96. The number of aliphatic imine (C=N–C) groups is 1. The second-order valence-electron chi connectivity index (χ2n) is 3.13. The van der Waals surface area contributed by atoms with Crippen LogP contribution in [-0.4, -0.2) is 47.2 Å². The van der Waals surface area contributed by atoms with Crippen molar-refractivity contribution in [1.82, 2.24) is 5.32 Å². The molecule has 1 fully saturated rings. The van der Waals surface area contributed by atoms with E-state index in [0.29, 0.717) is 0 Å². The molecule has 1 saturated heterocycles. The lowest BCUT2D eigenvalue weighted by atomic mass is 10.2. The maximum absolute atomic E-state index is 11.0. The van der Waals surface area contributed by atoms with Crippen molar-refractivity contribution in [3.05, 3.63) is 0 Å². The van der Waals surface area contributed by atoms with E-state index in [0.717, 1.165) is 0 Å². The number of hydrogen-bond donors (Lipinski definition) is 5. The van der Waals surface area contributed by atoms with Gasteiger partial charge in [0.1, 0.15) is 12.3 Å². The van der Waals surface area contributed by atoms with Crippen LogP contribution in [0.15, 0.2) is 4.99 Å². The minimum atomic E-state index is -0.806. The molecular weight excluding hydrogens is 204 g/mol. The summed E-state index contributed by atoms with van der Waals surface area (Å²) in [4.78, 5) is 14.2. The summed E-state index contributed by atoms with van der Waals surface area (Å²) < 4.78 is 5.09. The Morgan fingerprint density at radius 3 is 2.73 bits per heavy atom. The number of nitrogens with one attached hydrogen (secondary N) is 1. The number of nitrogens with zero attached hydrogens (tertiary/aromatic N) is 1. The molecule has 0 saturated carbocycles. The summed E-state index contributed by atoms with van der Waals surface area (Å²) in [7, 11) is 0. The number of aliphatic hydroxyl groups is 2. The lowest BCUT2D eigenvalue weighted by Crippen LogP contribution is -2.35. The molecule has 1 heterocycles. The molecule has 0 radical (unpaired) electrons. The first kappa shape index (κ1) is 11.7. The number of ether oxygens (including phenoxy) is 1. The zero-order chi connectivity index (χ0) is 11.4. The Balaban J connectivity index is 2.42. The number of rotatable bonds is 2. The van der Waals surface area contributed by atoms with Gasteiger partial charge in [-0.2, -0.15) is 4.99 Å². The van der Waals surface area contributed by atoms with E-state index in [1.165, 1.54) is 0 Å². The average Bonchev–Trinajstić information content (AvgIpc) is 2.44. The molecule has 0 aliphatic carbocycles. The topological polar surface area (TPSA) is 143 Å². The second kappa shape index (κ2) is 4.91. The molecule has 0 aromatic rings. The number of nitrogens with two attached hydrogens (primary N) is 2. The Hall–Kier alpha value is -1.38. The van der Waals surface area contributed by atoms with Crippen molar-refractivity contribution in [3.63, 3.8) is 0 Å². The summed E-state index contributed by atoms with van der Waals surface area (Å²) in [5.41, 5.74) is 9.97. The third kappa shape index (κ3) is 3.35. The third-order valence-electron chi connectivity index (χ3n) is 1.92. The SMILES string of the molecule is NC(N)=NC(=O)N[C@H]1CC(O)[C@@H](CO)O1. The molecule has 1 aliphatic heterocycles. The summed E-state index contributed by atoms with van der Waals surface area (Å²) in [5, 5.41) is 20.4. The Kier molecular flexibility index (Phi) is 3.83. The Morgan fingerprint density at radius 2 is 2.27 bits per heavy atom. The molecule has 3 atom stereocenters. The highest BCUT2D eigenvalue weighted by Gasteiger charge is 2.34. The monoisotopic (exact) mass is 218 g/mol. The summed E-state index contributed by atoms with van der Waals surface area (Å²) >= 11 is 0. The molecular formula is C7H14N4O4.